The van der Waals surface area contributed by atoms with Gasteiger partial charge in [-0.25, -0.2) is 0 Å². The first kappa shape index (κ1) is 13.7. The van der Waals surface area contributed by atoms with Crippen LogP contribution in [-0.4, -0.2) is 48.6 Å². The Morgan fingerprint density at radius 2 is 2.20 bits per heavy atom. The van der Waals surface area contributed by atoms with Crippen molar-refractivity contribution in [2.75, 3.05) is 32.5 Å². The number of anilines is 1. The van der Waals surface area contributed by atoms with Crippen LogP contribution in [0.2, 0.25) is 0 Å². The van der Waals surface area contributed by atoms with Crippen molar-refractivity contribution in [3.8, 4) is 5.75 Å². The topological polar surface area (TPSA) is 41.7 Å². The number of fused-ring (bicyclic) bond motifs is 1. The van der Waals surface area contributed by atoms with Gasteiger partial charge >= 0.3 is 0 Å². The maximum Gasteiger partial charge on any atom is 0.141 e. The molecule has 0 spiro atoms. The number of ether oxygens (including phenoxy) is 1. The highest BCUT2D eigenvalue weighted by Crippen LogP contribution is 2.27. The molecule has 3 rings (SSSR count). The quantitative estimate of drug-likeness (QED) is 0.856. The number of hydrogen-bond acceptors (Lipinski definition) is 4. The van der Waals surface area contributed by atoms with Crippen molar-refractivity contribution in [3.05, 3.63) is 23.8 Å². The number of methoxy groups -OCH3 is 1. The molecular formula is C16H25N3O. The SMILES string of the molecule is COc1ccc(CN2CC3CCCN3CC2C)cc1N. The van der Waals surface area contributed by atoms with E-state index in [1.54, 1.807) is 7.11 Å². The molecule has 110 valence electrons. The second-order valence-electron chi connectivity index (χ2n) is 6.15. The van der Waals surface area contributed by atoms with Crippen LogP contribution in [0.3, 0.4) is 0 Å². The molecule has 0 amide bonds. The van der Waals surface area contributed by atoms with E-state index in [-0.39, 0.29) is 0 Å². The van der Waals surface area contributed by atoms with Gasteiger partial charge in [-0.1, -0.05) is 6.07 Å². The summed E-state index contributed by atoms with van der Waals surface area (Å²) in [4.78, 5) is 5.25. The number of nitrogens with zero attached hydrogens (tertiary/aromatic N) is 2. The largest absolute Gasteiger partial charge is 0.495 e. The van der Waals surface area contributed by atoms with Gasteiger partial charge in [-0.2, -0.15) is 0 Å². The number of hydrogen-bond donors (Lipinski definition) is 1. The molecule has 2 aliphatic heterocycles. The Labute approximate surface area is 121 Å². The monoisotopic (exact) mass is 275 g/mol. The normalized spacial score (nSPS) is 27.5. The fraction of sp³-hybridized carbons (Fsp3) is 0.625. The molecule has 4 heteroatoms. The molecule has 2 heterocycles. The summed E-state index contributed by atoms with van der Waals surface area (Å²) in [5.74, 6) is 0.766. The molecule has 2 atom stereocenters. The first-order valence-corrected chi connectivity index (χ1v) is 7.58. The predicted octanol–water partition coefficient (Wildman–Crippen LogP) is 1.95. The Kier molecular flexibility index (Phi) is 3.85. The van der Waals surface area contributed by atoms with Gasteiger partial charge in [0.05, 0.1) is 12.8 Å². The summed E-state index contributed by atoms with van der Waals surface area (Å²) in [5, 5.41) is 0. The zero-order chi connectivity index (χ0) is 14.1. The lowest BCUT2D eigenvalue weighted by Gasteiger charge is -2.42. The Hall–Kier alpha value is -1.26. The molecule has 2 unspecified atom stereocenters. The van der Waals surface area contributed by atoms with Crippen LogP contribution in [0.1, 0.15) is 25.3 Å². The lowest BCUT2D eigenvalue weighted by Crippen LogP contribution is -2.54. The zero-order valence-corrected chi connectivity index (χ0v) is 12.5. The minimum atomic E-state index is 0.618. The van der Waals surface area contributed by atoms with E-state index in [0.717, 1.165) is 24.0 Å². The van der Waals surface area contributed by atoms with E-state index in [1.165, 1.54) is 38.0 Å². The first-order chi connectivity index (χ1) is 9.67. The highest BCUT2D eigenvalue weighted by atomic mass is 16.5. The van der Waals surface area contributed by atoms with Gasteiger partial charge in [0.15, 0.2) is 0 Å². The second kappa shape index (κ2) is 5.62. The number of nitrogens with two attached hydrogens (primary N) is 1. The first-order valence-electron chi connectivity index (χ1n) is 7.58. The van der Waals surface area contributed by atoms with Crippen molar-refractivity contribution in [3.63, 3.8) is 0 Å². The minimum Gasteiger partial charge on any atom is -0.495 e. The molecular weight excluding hydrogens is 250 g/mol. The minimum absolute atomic E-state index is 0.618. The Morgan fingerprint density at radius 1 is 1.35 bits per heavy atom. The Bertz CT molecular complexity index is 477. The predicted molar refractivity (Wildman–Crippen MR) is 81.9 cm³/mol. The smallest absolute Gasteiger partial charge is 0.141 e. The Morgan fingerprint density at radius 3 is 2.95 bits per heavy atom. The van der Waals surface area contributed by atoms with E-state index in [1.807, 2.05) is 12.1 Å². The van der Waals surface area contributed by atoms with Gasteiger partial charge in [0, 0.05) is 31.7 Å². The molecule has 20 heavy (non-hydrogen) atoms. The van der Waals surface area contributed by atoms with Crippen LogP contribution in [-0.2, 0) is 6.54 Å². The lowest BCUT2D eigenvalue weighted by molar-refractivity contribution is 0.0540. The molecule has 2 N–H and O–H groups in total. The van der Waals surface area contributed by atoms with Gasteiger partial charge in [-0.3, -0.25) is 9.80 Å². The van der Waals surface area contributed by atoms with Gasteiger partial charge in [-0.05, 0) is 44.0 Å². The van der Waals surface area contributed by atoms with E-state index in [9.17, 15) is 0 Å². The van der Waals surface area contributed by atoms with E-state index in [0.29, 0.717) is 6.04 Å². The van der Waals surface area contributed by atoms with Crippen molar-refractivity contribution in [2.24, 2.45) is 0 Å². The summed E-state index contributed by atoms with van der Waals surface area (Å²) in [6.45, 7) is 7.00. The summed E-state index contributed by atoms with van der Waals surface area (Å²) < 4.78 is 5.22. The maximum absolute atomic E-state index is 6.01. The Balaban J connectivity index is 1.69. The third-order valence-corrected chi connectivity index (χ3v) is 4.75. The van der Waals surface area contributed by atoms with Crippen molar-refractivity contribution >= 4 is 5.69 Å². The second-order valence-corrected chi connectivity index (χ2v) is 6.15. The van der Waals surface area contributed by atoms with Crippen LogP contribution in [0.15, 0.2) is 18.2 Å². The molecule has 0 aliphatic carbocycles. The van der Waals surface area contributed by atoms with Crippen molar-refractivity contribution in [1.82, 2.24) is 9.80 Å². The van der Waals surface area contributed by atoms with Crippen molar-refractivity contribution < 1.29 is 4.74 Å². The third-order valence-electron chi connectivity index (χ3n) is 4.75. The maximum atomic E-state index is 6.01. The van der Waals surface area contributed by atoms with Crippen LogP contribution < -0.4 is 10.5 Å². The van der Waals surface area contributed by atoms with Crippen LogP contribution in [0.5, 0.6) is 5.75 Å². The van der Waals surface area contributed by atoms with Crippen LogP contribution in [0, 0.1) is 0 Å². The summed E-state index contributed by atoms with van der Waals surface area (Å²) in [7, 11) is 1.66. The molecule has 4 nitrogen and oxygen atoms in total. The standard InChI is InChI=1S/C16H25N3O/c1-12-9-18-7-3-4-14(18)11-19(12)10-13-5-6-16(20-2)15(17)8-13/h5-6,8,12,14H,3-4,7,9-11,17H2,1-2H3. The molecule has 2 saturated heterocycles. The molecule has 1 aromatic carbocycles. The molecule has 0 bridgehead atoms. The van der Waals surface area contributed by atoms with E-state index < -0.39 is 0 Å². The summed E-state index contributed by atoms with van der Waals surface area (Å²) in [5.41, 5.74) is 8.02. The molecule has 0 radical (unpaired) electrons. The van der Waals surface area contributed by atoms with E-state index >= 15 is 0 Å². The van der Waals surface area contributed by atoms with Crippen molar-refractivity contribution in [1.29, 1.82) is 0 Å². The number of benzene rings is 1. The van der Waals surface area contributed by atoms with E-state index in [2.05, 4.69) is 22.8 Å². The van der Waals surface area contributed by atoms with Crippen LogP contribution in [0.25, 0.3) is 0 Å². The van der Waals surface area contributed by atoms with Gasteiger partial charge in [0.25, 0.3) is 0 Å². The molecule has 0 saturated carbocycles. The fourth-order valence-electron chi connectivity index (χ4n) is 3.58. The average molecular weight is 275 g/mol. The molecule has 1 aromatic rings. The van der Waals surface area contributed by atoms with Gasteiger partial charge in [0.2, 0.25) is 0 Å². The fourth-order valence-corrected chi connectivity index (χ4v) is 3.58. The van der Waals surface area contributed by atoms with Crippen LogP contribution >= 0.6 is 0 Å². The van der Waals surface area contributed by atoms with Crippen LogP contribution in [0.4, 0.5) is 5.69 Å². The number of piperazine rings is 1. The molecule has 0 aromatic heterocycles. The molecule has 2 aliphatic rings. The summed E-state index contributed by atoms with van der Waals surface area (Å²) in [6, 6.07) is 7.53. The zero-order valence-electron chi connectivity index (χ0n) is 12.5. The number of nitrogen functional groups attached to an aromatic ring is 1. The third kappa shape index (κ3) is 2.63. The van der Waals surface area contributed by atoms with Gasteiger partial charge in [0.1, 0.15) is 5.75 Å². The molecule has 2 fully saturated rings. The average Bonchev–Trinajstić information content (AvgIpc) is 2.86. The van der Waals surface area contributed by atoms with E-state index in [4.69, 9.17) is 10.5 Å². The lowest BCUT2D eigenvalue weighted by atomic mass is 10.1. The van der Waals surface area contributed by atoms with Gasteiger partial charge < -0.3 is 10.5 Å². The van der Waals surface area contributed by atoms with Gasteiger partial charge in [-0.15, -0.1) is 0 Å². The summed E-state index contributed by atoms with van der Waals surface area (Å²) >= 11 is 0. The highest BCUT2D eigenvalue weighted by Gasteiger charge is 2.34. The van der Waals surface area contributed by atoms with Crippen molar-refractivity contribution in [2.45, 2.75) is 38.4 Å². The highest BCUT2D eigenvalue weighted by molar-refractivity contribution is 5.54. The number of rotatable bonds is 3. The summed E-state index contributed by atoms with van der Waals surface area (Å²) in [6.07, 6.45) is 2.72.